The van der Waals surface area contributed by atoms with E-state index in [1.807, 2.05) is 18.7 Å². The van der Waals surface area contributed by atoms with Crippen LogP contribution in [0.2, 0.25) is 0 Å². The number of rotatable bonds is 5. The molecule has 0 bridgehead atoms. The molecule has 0 aliphatic carbocycles. The molecular formula is C10H15BrN6. The quantitative estimate of drug-likeness (QED) is 0.634. The van der Waals surface area contributed by atoms with E-state index in [4.69, 9.17) is 11.1 Å². The largest absolute Gasteiger partial charge is 0.352 e. The second-order valence-electron chi connectivity index (χ2n) is 3.70. The maximum atomic E-state index is 8.66. The number of halogens is 1. The number of hydrogen-bond donors (Lipinski definition) is 2. The average Bonchev–Trinajstić information content (AvgIpc) is 2.31. The lowest BCUT2D eigenvalue weighted by Crippen LogP contribution is -2.33. The monoisotopic (exact) mass is 298 g/mol. The van der Waals surface area contributed by atoms with Gasteiger partial charge in [0, 0.05) is 18.8 Å². The van der Waals surface area contributed by atoms with Gasteiger partial charge in [-0.1, -0.05) is 0 Å². The Morgan fingerprint density at radius 1 is 1.65 bits per heavy atom. The molecule has 0 fully saturated rings. The van der Waals surface area contributed by atoms with Crippen molar-refractivity contribution in [3.8, 4) is 6.07 Å². The molecule has 1 rings (SSSR count). The third-order valence-electron chi connectivity index (χ3n) is 2.21. The van der Waals surface area contributed by atoms with Crippen molar-refractivity contribution in [2.75, 3.05) is 16.9 Å². The number of hydrazine groups is 1. The van der Waals surface area contributed by atoms with Crippen LogP contribution in [0.25, 0.3) is 0 Å². The number of anilines is 2. The number of aromatic nitrogens is 2. The minimum Gasteiger partial charge on any atom is -0.352 e. The average molecular weight is 299 g/mol. The first-order valence-electron chi connectivity index (χ1n) is 5.23. The van der Waals surface area contributed by atoms with Gasteiger partial charge < -0.3 is 4.90 Å². The third kappa shape index (κ3) is 3.54. The van der Waals surface area contributed by atoms with Gasteiger partial charge in [-0.25, -0.2) is 10.8 Å². The van der Waals surface area contributed by atoms with E-state index in [1.165, 1.54) is 0 Å². The van der Waals surface area contributed by atoms with E-state index in [9.17, 15) is 0 Å². The molecule has 0 unspecified atom stereocenters. The van der Waals surface area contributed by atoms with Gasteiger partial charge in [0.15, 0.2) is 0 Å². The lowest BCUT2D eigenvalue weighted by atomic mass is 10.3. The predicted molar refractivity (Wildman–Crippen MR) is 70.3 cm³/mol. The number of nitrogens with zero attached hydrogens (tertiary/aromatic N) is 4. The SMILES string of the molecule is CC(C)N(CCC#N)c1nc(NN)ncc1Br. The summed E-state index contributed by atoms with van der Waals surface area (Å²) in [5.74, 6) is 6.37. The Kier molecular flexibility index (Phi) is 5.12. The van der Waals surface area contributed by atoms with E-state index < -0.39 is 0 Å². The molecule has 0 aliphatic rings. The summed E-state index contributed by atoms with van der Waals surface area (Å²) in [6.45, 7) is 4.71. The molecule has 7 heteroatoms. The van der Waals surface area contributed by atoms with Crippen LogP contribution in [0.15, 0.2) is 10.7 Å². The molecule has 0 spiro atoms. The van der Waals surface area contributed by atoms with Crippen LogP contribution >= 0.6 is 15.9 Å². The zero-order chi connectivity index (χ0) is 12.8. The van der Waals surface area contributed by atoms with Gasteiger partial charge >= 0.3 is 0 Å². The lowest BCUT2D eigenvalue weighted by Gasteiger charge is -2.27. The molecule has 0 aromatic carbocycles. The van der Waals surface area contributed by atoms with E-state index >= 15 is 0 Å². The molecule has 0 aliphatic heterocycles. The van der Waals surface area contributed by atoms with Crippen LogP contribution in [0.4, 0.5) is 11.8 Å². The maximum Gasteiger partial charge on any atom is 0.239 e. The van der Waals surface area contributed by atoms with Gasteiger partial charge in [-0.15, -0.1) is 0 Å². The highest BCUT2D eigenvalue weighted by Gasteiger charge is 2.16. The molecule has 1 aromatic heterocycles. The lowest BCUT2D eigenvalue weighted by molar-refractivity contribution is 0.674. The van der Waals surface area contributed by atoms with Gasteiger partial charge in [0.25, 0.3) is 0 Å². The molecule has 0 saturated carbocycles. The summed E-state index contributed by atoms with van der Waals surface area (Å²) in [5, 5.41) is 8.66. The van der Waals surface area contributed by atoms with Crippen molar-refractivity contribution in [1.29, 1.82) is 5.26 Å². The number of nitriles is 1. The van der Waals surface area contributed by atoms with Crippen LogP contribution < -0.4 is 16.2 Å². The molecule has 6 nitrogen and oxygen atoms in total. The summed E-state index contributed by atoms with van der Waals surface area (Å²) in [6, 6.07) is 2.37. The number of nitrogens with one attached hydrogen (secondary N) is 1. The fourth-order valence-electron chi connectivity index (χ4n) is 1.41. The van der Waals surface area contributed by atoms with Crippen LogP contribution in [-0.2, 0) is 0 Å². The van der Waals surface area contributed by atoms with Gasteiger partial charge in [-0.2, -0.15) is 10.2 Å². The molecule has 92 valence electrons. The Bertz CT molecular complexity index is 414. The first kappa shape index (κ1) is 13.7. The van der Waals surface area contributed by atoms with Crippen LogP contribution in [0.3, 0.4) is 0 Å². The van der Waals surface area contributed by atoms with Crippen LogP contribution in [0.1, 0.15) is 20.3 Å². The molecule has 0 atom stereocenters. The summed E-state index contributed by atoms with van der Waals surface area (Å²) in [7, 11) is 0. The first-order valence-corrected chi connectivity index (χ1v) is 6.02. The molecule has 0 saturated heterocycles. The topological polar surface area (TPSA) is 90.9 Å². The Hall–Kier alpha value is -1.39. The van der Waals surface area contributed by atoms with Gasteiger partial charge in [0.05, 0.1) is 17.0 Å². The minimum atomic E-state index is 0.236. The summed E-state index contributed by atoms with van der Waals surface area (Å²) in [5.41, 5.74) is 2.41. The summed E-state index contributed by atoms with van der Waals surface area (Å²) >= 11 is 3.40. The zero-order valence-corrected chi connectivity index (χ0v) is 11.4. The molecule has 1 aromatic rings. The second-order valence-corrected chi connectivity index (χ2v) is 4.56. The van der Waals surface area contributed by atoms with Crippen molar-refractivity contribution in [3.05, 3.63) is 10.7 Å². The van der Waals surface area contributed by atoms with Crippen LogP contribution in [0, 0.1) is 11.3 Å². The standard InChI is InChI=1S/C10H15BrN6/c1-7(2)17(5-3-4-12)9-8(11)6-14-10(15-9)16-13/h6-7H,3,5,13H2,1-2H3,(H,14,15,16). The fourth-order valence-corrected chi connectivity index (χ4v) is 1.83. The second kappa shape index (κ2) is 6.37. The minimum absolute atomic E-state index is 0.236. The molecule has 0 radical (unpaired) electrons. The van der Waals surface area contributed by atoms with Crippen molar-refractivity contribution in [2.45, 2.75) is 26.3 Å². The van der Waals surface area contributed by atoms with E-state index in [0.29, 0.717) is 18.9 Å². The van der Waals surface area contributed by atoms with Crippen molar-refractivity contribution in [2.24, 2.45) is 5.84 Å². The highest BCUT2D eigenvalue weighted by Crippen LogP contribution is 2.25. The van der Waals surface area contributed by atoms with E-state index in [1.54, 1.807) is 6.20 Å². The first-order chi connectivity index (χ1) is 8.10. The molecular weight excluding hydrogens is 284 g/mol. The van der Waals surface area contributed by atoms with E-state index in [2.05, 4.69) is 37.4 Å². The van der Waals surface area contributed by atoms with E-state index in [-0.39, 0.29) is 6.04 Å². The third-order valence-corrected chi connectivity index (χ3v) is 2.77. The van der Waals surface area contributed by atoms with Crippen molar-refractivity contribution in [3.63, 3.8) is 0 Å². The van der Waals surface area contributed by atoms with Gasteiger partial charge in [-0.05, 0) is 29.8 Å². The van der Waals surface area contributed by atoms with Crippen LogP contribution in [-0.4, -0.2) is 22.6 Å². The summed E-state index contributed by atoms with van der Waals surface area (Å²) < 4.78 is 0.781. The predicted octanol–water partition coefficient (Wildman–Crippen LogP) is 1.65. The Balaban J connectivity index is 3.04. The molecule has 3 N–H and O–H groups in total. The molecule has 17 heavy (non-hydrogen) atoms. The Labute approximate surface area is 109 Å². The Morgan fingerprint density at radius 3 is 2.88 bits per heavy atom. The van der Waals surface area contributed by atoms with Crippen LogP contribution in [0.5, 0.6) is 0 Å². The highest BCUT2D eigenvalue weighted by molar-refractivity contribution is 9.10. The fraction of sp³-hybridized carbons (Fsp3) is 0.500. The van der Waals surface area contributed by atoms with Crippen molar-refractivity contribution >= 4 is 27.7 Å². The zero-order valence-electron chi connectivity index (χ0n) is 9.81. The summed E-state index contributed by atoms with van der Waals surface area (Å²) in [6.07, 6.45) is 2.08. The number of hydrogen-bond acceptors (Lipinski definition) is 6. The van der Waals surface area contributed by atoms with Crippen molar-refractivity contribution < 1.29 is 0 Å². The van der Waals surface area contributed by atoms with Gasteiger partial charge in [0.1, 0.15) is 5.82 Å². The highest BCUT2D eigenvalue weighted by atomic mass is 79.9. The van der Waals surface area contributed by atoms with Gasteiger partial charge in [-0.3, -0.25) is 5.43 Å². The van der Waals surface area contributed by atoms with Crippen molar-refractivity contribution in [1.82, 2.24) is 9.97 Å². The van der Waals surface area contributed by atoms with Gasteiger partial charge in [0.2, 0.25) is 5.95 Å². The smallest absolute Gasteiger partial charge is 0.239 e. The normalized spacial score (nSPS) is 10.1. The maximum absolute atomic E-state index is 8.66. The molecule has 0 amide bonds. The number of nitrogen functional groups attached to an aromatic ring is 1. The molecule has 1 heterocycles. The number of nitrogens with two attached hydrogens (primary N) is 1. The Morgan fingerprint density at radius 2 is 2.35 bits per heavy atom. The summed E-state index contributed by atoms with van der Waals surface area (Å²) in [4.78, 5) is 10.3. The van der Waals surface area contributed by atoms with E-state index in [0.717, 1.165) is 10.3 Å².